The van der Waals surface area contributed by atoms with Crippen LogP contribution in [-0.4, -0.2) is 17.6 Å². The van der Waals surface area contributed by atoms with E-state index >= 15 is 0 Å². The monoisotopic (exact) mass is 532 g/mol. The standard InChI is InChI=1S/C18H18BrIN2O2S/c1-4-24-16-6-5-12(9-13(16)19)17(23)22-18(25)21-15-8-10(2)14(20)7-11(15)3/h5-9H,4H2,1-3H3,(H2,21,22,23,25). The predicted molar refractivity (Wildman–Crippen MR) is 118 cm³/mol. The second kappa shape index (κ2) is 8.95. The topological polar surface area (TPSA) is 50.4 Å². The average molecular weight is 533 g/mol. The zero-order valence-corrected chi connectivity index (χ0v) is 18.6. The van der Waals surface area contributed by atoms with E-state index < -0.39 is 0 Å². The van der Waals surface area contributed by atoms with Crippen molar-refractivity contribution in [1.29, 1.82) is 0 Å². The lowest BCUT2D eigenvalue weighted by Gasteiger charge is -2.14. The van der Waals surface area contributed by atoms with Crippen LogP contribution in [-0.2, 0) is 0 Å². The molecule has 0 fully saturated rings. The molecule has 0 saturated carbocycles. The van der Waals surface area contributed by atoms with Gasteiger partial charge in [-0.1, -0.05) is 0 Å². The van der Waals surface area contributed by atoms with E-state index in [1.54, 1.807) is 18.2 Å². The molecule has 0 bridgehead atoms. The summed E-state index contributed by atoms with van der Waals surface area (Å²) in [6, 6.07) is 9.26. The maximum absolute atomic E-state index is 12.4. The molecule has 2 rings (SSSR count). The van der Waals surface area contributed by atoms with Gasteiger partial charge in [-0.3, -0.25) is 10.1 Å². The molecule has 0 saturated heterocycles. The largest absolute Gasteiger partial charge is 0.493 e. The molecular formula is C18H18BrIN2O2S. The maximum Gasteiger partial charge on any atom is 0.257 e. The summed E-state index contributed by atoms with van der Waals surface area (Å²) in [5.74, 6) is 0.422. The number of ether oxygens (including phenoxy) is 1. The molecule has 2 aromatic rings. The van der Waals surface area contributed by atoms with E-state index in [4.69, 9.17) is 17.0 Å². The first kappa shape index (κ1) is 20.1. The molecule has 2 aromatic carbocycles. The highest BCUT2D eigenvalue weighted by molar-refractivity contribution is 14.1. The average Bonchev–Trinajstić information content (AvgIpc) is 2.54. The number of thiocarbonyl (C=S) groups is 1. The van der Waals surface area contributed by atoms with Crippen molar-refractivity contribution in [2.75, 3.05) is 11.9 Å². The summed E-state index contributed by atoms with van der Waals surface area (Å²) in [6.07, 6.45) is 0. The number of carbonyl (C=O) groups is 1. The summed E-state index contributed by atoms with van der Waals surface area (Å²) >= 11 is 11.0. The van der Waals surface area contributed by atoms with Crippen molar-refractivity contribution in [2.45, 2.75) is 20.8 Å². The highest BCUT2D eigenvalue weighted by atomic mass is 127. The van der Waals surface area contributed by atoms with Crippen LogP contribution in [0.1, 0.15) is 28.4 Å². The molecule has 0 aliphatic rings. The Labute approximate surface area is 175 Å². The van der Waals surface area contributed by atoms with Crippen molar-refractivity contribution in [3.05, 3.63) is 55.1 Å². The molecule has 7 heteroatoms. The first-order valence-corrected chi connectivity index (χ1v) is 9.91. The van der Waals surface area contributed by atoms with Gasteiger partial charge in [0.1, 0.15) is 5.75 Å². The minimum Gasteiger partial charge on any atom is -0.493 e. The minimum absolute atomic E-state index is 0.263. The predicted octanol–water partition coefficient (Wildman–Crippen LogP) is 5.20. The van der Waals surface area contributed by atoms with Crippen LogP contribution in [0.2, 0.25) is 0 Å². The summed E-state index contributed by atoms with van der Waals surface area (Å²) < 4.78 is 7.36. The third kappa shape index (κ3) is 5.39. The molecule has 0 unspecified atom stereocenters. The van der Waals surface area contributed by atoms with Gasteiger partial charge < -0.3 is 10.1 Å². The minimum atomic E-state index is -0.277. The van der Waals surface area contributed by atoms with Crippen LogP contribution in [0.4, 0.5) is 5.69 Å². The molecule has 2 N–H and O–H groups in total. The third-order valence-corrected chi connectivity index (χ3v) is 5.46. The van der Waals surface area contributed by atoms with E-state index in [0.29, 0.717) is 17.9 Å². The molecule has 25 heavy (non-hydrogen) atoms. The van der Waals surface area contributed by atoms with Gasteiger partial charge in [0.15, 0.2) is 5.11 Å². The van der Waals surface area contributed by atoms with Crippen molar-refractivity contribution >= 4 is 67.4 Å². The second-order valence-electron chi connectivity index (χ2n) is 5.40. The number of hydrogen-bond acceptors (Lipinski definition) is 3. The van der Waals surface area contributed by atoms with Gasteiger partial charge in [0, 0.05) is 14.8 Å². The Morgan fingerprint density at radius 3 is 2.60 bits per heavy atom. The highest BCUT2D eigenvalue weighted by Crippen LogP contribution is 2.26. The number of rotatable bonds is 4. The van der Waals surface area contributed by atoms with Gasteiger partial charge in [0.05, 0.1) is 11.1 Å². The first-order valence-electron chi connectivity index (χ1n) is 7.63. The Hall–Kier alpha value is -1.19. The fraction of sp³-hybridized carbons (Fsp3) is 0.222. The fourth-order valence-electron chi connectivity index (χ4n) is 2.16. The molecule has 0 heterocycles. The third-order valence-electron chi connectivity index (χ3n) is 3.47. The fourth-order valence-corrected chi connectivity index (χ4v) is 3.48. The SMILES string of the molecule is CCOc1ccc(C(=O)NC(=S)Nc2cc(C)c(I)cc2C)cc1Br. The zero-order chi connectivity index (χ0) is 18.6. The molecule has 0 aliphatic heterocycles. The number of hydrogen-bond donors (Lipinski definition) is 2. The quantitative estimate of drug-likeness (QED) is 0.420. The Morgan fingerprint density at radius 1 is 1.24 bits per heavy atom. The van der Waals surface area contributed by atoms with Gasteiger partial charge in [-0.25, -0.2) is 0 Å². The number of carbonyl (C=O) groups excluding carboxylic acids is 1. The molecule has 4 nitrogen and oxygen atoms in total. The summed E-state index contributed by atoms with van der Waals surface area (Å²) in [5, 5.41) is 6.05. The number of anilines is 1. The number of aryl methyl sites for hydroxylation is 2. The molecule has 0 aromatic heterocycles. The molecule has 1 amide bonds. The lowest BCUT2D eigenvalue weighted by Crippen LogP contribution is -2.34. The summed E-state index contributed by atoms with van der Waals surface area (Å²) in [7, 11) is 0. The van der Waals surface area contributed by atoms with Gasteiger partial charge >= 0.3 is 0 Å². The van der Waals surface area contributed by atoms with Gasteiger partial charge in [-0.2, -0.15) is 0 Å². The van der Waals surface area contributed by atoms with E-state index in [1.807, 2.05) is 26.8 Å². The lowest BCUT2D eigenvalue weighted by atomic mass is 10.1. The van der Waals surface area contributed by atoms with Crippen LogP contribution < -0.4 is 15.4 Å². The maximum atomic E-state index is 12.4. The van der Waals surface area contributed by atoms with Crippen LogP contribution in [0.5, 0.6) is 5.75 Å². The van der Waals surface area contributed by atoms with Crippen molar-refractivity contribution < 1.29 is 9.53 Å². The molecule has 0 atom stereocenters. The van der Waals surface area contributed by atoms with E-state index in [2.05, 4.69) is 55.2 Å². The normalized spacial score (nSPS) is 10.3. The van der Waals surface area contributed by atoms with Crippen molar-refractivity contribution in [3.8, 4) is 5.75 Å². The van der Waals surface area contributed by atoms with Crippen molar-refractivity contribution in [1.82, 2.24) is 5.32 Å². The molecule has 0 radical (unpaired) electrons. The molecule has 0 spiro atoms. The van der Waals surface area contributed by atoms with Crippen LogP contribution in [0.15, 0.2) is 34.8 Å². The van der Waals surface area contributed by atoms with Crippen LogP contribution >= 0.6 is 50.7 Å². The van der Waals surface area contributed by atoms with Crippen LogP contribution in [0.3, 0.4) is 0 Å². The summed E-state index contributed by atoms with van der Waals surface area (Å²) in [4.78, 5) is 12.4. The summed E-state index contributed by atoms with van der Waals surface area (Å²) in [6.45, 7) is 6.50. The van der Waals surface area contributed by atoms with E-state index in [0.717, 1.165) is 21.3 Å². The van der Waals surface area contributed by atoms with E-state index in [9.17, 15) is 4.79 Å². The van der Waals surface area contributed by atoms with E-state index in [-0.39, 0.29) is 11.0 Å². The molecular weight excluding hydrogens is 515 g/mol. The van der Waals surface area contributed by atoms with E-state index in [1.165, 1.54) is 3.57 Å². The Balaban J connectivity index is 2.06. The van der Waals surface area contributed by atoms with Crippen molar-refractivity contribution in [3.63, 3.8) is 0 Å². The second-order valence-corrected chi connectivity index (χ2v) is 7.83. The van der Waals surface area contributed by atoms with Gasteiger partial charge in [0.25, 0.3) is 5.91 Å². The Bertz CT molecular complexity index is 827. The number of nitrogens with one attached hydrogen (secondary N) is 2. The van der Waals surface area contributed by atoms with Gasteiger partial charge in [-0.15, -0.1) is 0 Å². The molecule has 132 valence electrons. The molecule has 0 aliphatic carbocycles. The van der Waals surface area contributed by atoms with Crippen LogP contribution in [0, 0.1) is 17.4 Å². The van der Waals surface area contributed by atoms with Gasteiger partial charge in [-0.05, 0) is 113 Å². The zero-order valence-electron chi connectivity index (χ0n) is 14.1. The number of halogens is 2. The number of amides is 1. The Kier molecular flexibility index (Phi) is 7.21. The summed E-state index contributed by atoms with van der Waals surface area (Å²) in [5.41, 5.74) is 3.60. The van der Waals surface area contributed by atoms with Crippen LogP contribution in [0.25, 0.3) is 0 Å². The number of benzene rings is 2. The Morgan fingerprint density at radius 2 is 1.96 bits per heavy atom. The van der Waals surface area contributed by atoms with Crippen molar-refractivity contribution in [2.24, 2.45) is 0 Å². The first-order chi connectivity index (χ1) is 11.8. The highest BCUT2D eigenvalue weighted by Gasteiger charge is 2.12. The smallest absolute Gasteiger partial charge is 0.257 e. The lowest BCUT2D eigenvalue weighted by molar-refractivity contribution is 0.0977. The van der Waals surface area contributed by atoms with Gasteiger partial charge in [0.2, 0.25) is 0 Å².